The minimum Gasteiger partial charge on any atom is -0.480 e. The third kappa shape index (κ3) is 5.81. The molecule has 0 aromatic rings. The van der Waals surface area contributed by atoms with Crippen molar-refractivity contribution < 1.29 is 22.3 Å². The molecule has 1 atom stereocenters. The maximum atomic E-state index is 12.7. The molecule has 1 nitrogen and oxygen atoms in total. The van der Waals surface area contributed by atoms with Gasteiger partial charge in [-0.3, -0.25) is 0 Å². The summed E-state index contributed by atoms with van der Waals surface area (Å²) >= 11 is 1.17. The fraction of sp³-hybridized carbons (Fsp3) is 0.455. The lowest BCUT2D eigenvalue weighted by Gasteiger charge is -2.20. The van der Waals surface area contributed by atoms with Crippen LogP contribution < -0.4 is 0 Å². The lowest BCUT2D eigenvalue weighted by atomic mass is 10.3. The van der Waals surface area contributed by atoms with Crippen LogP contribution >= 0.6 is 11.8 Å². The Bertz CT molecular complexity index is 331. The fourth-order valence-corrected chi connectivity index (χ4v) is 1.47. The monoisotopic (exact) mass is 270 g/mol. The molecule has 0 aliphatic heterocycles. The van der Waals surface area contributed by atoms with Crippen LogP contribution in [0.2, 0.25) is 0 Å². The third-order valence-corrected chi connectivity index (χ3v) is 2.65. The number of allylic oxidation sites excluding steroid dienone is 3. The minimum absolute atomic E-state index is 0.169. The molecule has 0 fully saturated rings. The van der Waals surface area contributed by atoms with Gasteiger partial charge in [-0.25, -0.2) is 4.39 Å². The van der Waals surface area contributed by atoms with Crippen molar-refractivity contribution in [3.63, 3.8) is 0 Å². The summed E-state index contributed by atoms with van der Waals surface area (Å²) in [5.74, 6) is -1.03. The fourth-order valence-electron chi connectivity index (χ4n) is 0.923. The number of alkyl halides is 3. The molecule has 0 aromatic heterocycles. The Morgan fingerprint density at radius 1 is 1.41 bits per heavy atom. The maximum Gasteiger partial charge on any atom is 0.425 e. The second kappa shape index (κ2) is 6.74. The Labute approximate surface area is 102 Å². The van der Waals surface area contributed by atoms with Crippen molar-refractivity contribution in [2.75, 3.05) is 6.26 Å². The van der Waals surface area contributed by atoms with Crippen LogP contribution in [0.25, 0.3) is 0 Å². The highest BCUT2D eigenvalue weighted by Gasteiger charge is 2.38. The molecule has 0 rings (SSSR count). The van der Waals surface area contributed by atoms with Crippen molar-refractivity contribution in [2.45, 2.75) is 26.1 Å². The van der Waals surface area contributed by atoms with Crippen molar-refractivity contribution >= 4 is 11.8 Å². The zero-order chi connectivity index (χ0) is 13.6. The average Bonchev–Trinajstić information content (AvgIpc) is 2.16. The Morgan fingerprint density at radius 3 is 2.24 bits per heavy atom. The van der Waals surface area contributed by atoms with Crippen LogP contribution in [0.4, 0.5) is 17.6 Å². The number of halogens is 4. The molecule has 0 saturated heterocycles. The first kappa shape index (κ1) is 16.1. The Hall–Kier alpha value is -0.910. The summed E-state index contributed by atoms with van der Waals surface area (Å²) in [7, 11) is 0. The maximum absolute atomic E-state index is 12.7. The molecule has 0 bridgehead atoms. The van der Waals surface area contributed by atoms with Gasteiger partial charge >= 0.3 is 6.18 Å². The second-order valence-electron chi connectivity index (χ2n) is 3.11. The Morgan fingerprint density at radius 2 is 1.94 bits per heavy atom. The first-order valence-corrected chi connectivity index (χ1v) is 5.95. The van der Waals surface area contributed by atoms with Crippen LogP contribution in [0.3, 0.4) is 0 Å². The molecule has 0 amide bonds. The summed E-state index contributed by atoms with van der Waals surface area (Å²) in [5.41, 5.74) is 0. The van der Waals surface area contributed by atoms with E-state index >= 15 is 0 Å². The van der Waals surface area contributed by atoms with E-state index in [0.29, 0.717) is 4.91 Å². The van der Waals surface area contributed by atoms with E-state index in [0.717, 1.165) is 13.0 Å². The normalized spacial score (nSPS) is 15.7. The van der Waals surface area contributed by atoms with Gasteiger partial charge in [0.05, 0.1) is 0 Å². The highest BCUT2D eigenvalue weighted by Crippen LogP contribution is 2.30. The van der Waals surface area contributed by atoms with Gasteiger partial charge in [0.15, 0.2) is 6.10 Å². The van der Waals surface area contributed by atoms with E-state index in [2.05, 4.69) is 6.58 Å². The number of thioether (sulfide) groups is 1. The van der Waals surface area contributed by atoms with Gasteiger partial charge in [-0.1, -0.05) is 12.7 Å². The van der Waals surface area contributed by atoms with Crippen molar-refractivity contribution in [3.05, 3.63) is 35.2 Å². The lowest BCUT2D eigenvalue weighted by Crippen LogP contribution is -2.28. The molecule has 0 aromatic carbocycles. The van der Waals surface area contributed by atoms with Gasteiger partial charge in [0.1, 0.15) is 11.6 Å². The molecule has 0 spiro atoms. The van der Waals surface area contributed by atoms with Crippen molar-refractivity contribution in [1.29, 1.82) is 0 Å². The van der Waals surface area contributed by atoms with E-state index in [1.807, 2.05) is 0 Å². The minimum atomic E-state index is -4.49. The average molecular weight is 270 g/mol. The summed E-state index contributed by atoms with van der Waals surface area (Å²) < 4.78 is 54.3. The molecule has 1 unspecified atom stereocenters. The Kier molecular flexibility index (Phi) is 6.37. The topological polar surface area (TPSA) is 9.23 Å². The molecule has 17 heavy (non-hydrogen) atoms. The number of hydrogen-bond acceptors (Lipinski definition) is 2. The van der Waals surface area contributed by atoms with Gasteiger partial charge in [-0.15, -0.1) is 11.8 Å². The van der Waals surface area contributed by atoms with Crippen molar-refractivity contribution in [1.82, 2.24) is 0 Å². The summed E-state index contributed by atoms with van der Waals surface area (Å²) in [4.78, 5) is 0.417. The third-order valence-electron chi connectivity index (χ3n) is 1.78. The molecule has 0 N–H and O–H groups in total. The van der Waals surface area contributed by atoms with E-state index < -0.39 is 18.1 Å². The standard InChI is InChI=1S/C11H14F4OS/c1-5-10(17-4)9(6-7(2)12)16-8(3)11(13,14)15/h5-6,8H,2H2,1,3-4H3/b9-6+,10-5+. The molecule has 6 heteroatoms. The molecule has 0 radical (unpaired) electrons. The predicted molar refractivity (Wildman–Crippen MR) is 62.2 cm³/mol. The van der Waals surface area contributed by atoms with Crippen molar-refractivity contribution in [3.8, 4) is 0 Å². The zero-order valence-electron chi connectivity index (χ0n) is 9.77. The summed E-state index contributed by atoms with van der Waals surface area (Å²) in [6.45, 7) is 5.47. The largest absolute Gasteiger partial charge is 0.480 e. The molecule has 0 aliphatic carbocycles. The summed E-state index contributed by atoms with van der Waals surface area (Å²) in [5, 5.41) is 0. The van der Waals surface area contributed by atoms with Gasteiger partial charge in [0, 0.05) is 11.0 Å². The summed E-state index contributed by atoms with van der Waals surface area (Å²) in [6.07, 6.45) is -2.45. The van der Waals surface area contributed by atoms with Crippen LogP contribution in [0.15, 0.2) is 35.2 Å². The first-order chi connectivity index (χ1) is 7.72. The molecule has 0 heterocycles. The van der Waals surface area contributed by atoms with Crippen molar-refractivity contribution in [2.24, 2.45) is 0 Å². The Balaban J connectivity index is 5.05. The van der Waals surface area contributed by atoms with E-state index in [9.17, 15) is 17.6 Å². The zero-order valence-corrected chi connectivity index (χ0v) is 10.6. The van der Waals surface area contributed by atoms with E-state index in [1.54, 1.807) is 19.3 Å². The predicted octanol–water partition coefficient (Wildman–Crippen LogP) is 4.59. The van der Waals surface area contributed by atoms with E-state index in [4.69, 9.17) is 4.74 Å². The van der Waals surface area contributed by atoms with Crippen LogP contribution in [-0.4, -0.2) is 18.5 Å². The molecular formula is C11H14F4OS. The van der Waals surface area contributed by atoms with Gasteiger partial charge in [0.2, 0.25) is 0 Å². The molecular weight excluding hydrogens is 256 g/mol. The van der Waals surface area contributed by atoms with Crippen LogP contribution in [0.1, 0.15) is 13.8 Å². The lowest BCUT2D eigenvalue weighted by molar-refractivity contribution is -0.202. The molecule has 98 valence electrons. The van der Waals surface area contributed by atoms with E-state index in [-0.39, 0.29) is 5.76 Å². The SMILES string of the molecule is C=C(F)/C=C(OC(C)C(F)(F)F)\C(=C/C)SC. The van der Waals surface area contributed by atoms with Crippen LogP contribution in [-0.2, 0) is 4.74 Å². The van der Waals surface area contributed by atoms with Crippen LogP contribution in [0.5, 0.6) is 0 Å². The number of ether oxygens (including phenoxy) is 1. The van der Waals surface area contributed by atoms with Gasteiger partial charge in [0.25, 0.3) is 0 Å². The van der Waals surface area contributed by atoms with Crippen LogP contribution in [0, 0.1) is 0 Å². The quantitative estimate of drug-likeness (QED) is 0.410. The number of rotatable bonds is 5. The first-order valence-electron chi connectivity index (χ1n) is 4.72. The van der Waals surface area contributed by atoms with Gasteiger partial charge in [-0.2, -0.15) is 13.2 Å². The number of hydrogen-bond donors (Lipinski definition) is 0. The van der Waals surface area contributed by atoms with Gasteiger partial charge in [-0.05, 0) is 20.1 Å². The summed E-state index contributed by atoms with van der Waals surface area (Å²) in [6, 6.07) is 0. The second-order valence-corrected chi connectivity index (χ2v) is 3.96. The molecule has 0 saturated carbocycles. The molecule has 0 aliphatic rings. The van der Waals surface area contributed by atoms with Gasteiger partial charge < -0.3 is 4.74 Å². The highest BCUT2D eigenvalue weighted by atomic mass is 32.2. The van der Waals surface area contributed by atoms with E-state index in [1.165, 1.54) is 11.8 Å². The smallest absolute Gasteiger partial charge is 0.425 e. The highest BCUT2D eigenvalue weighted by molar-refractivity contribution is 8.02.